The van der Waals surface area contributed by atoms with Crippen LogP contribution in [0.4, 0.5) is 0 Å². The second kappa shape index (κ2) is 5.34. The lowest BCUT2D eigenvalue weighted by Crippen LogP contribution is -2.03. The summed E-state index contributed by atoms with van der Waals surface area (Å²) in [5.41, 5.74) is 3.42. The van der Waals surface area contributed by atoms with Gasteiger partial charge in [0, 0.05) is 21.2 Å². The molecular formula is C14H15BrOS. The van der Waals surface area contributed by atoms with Crippen LogP contribution >= 0.6 is 27.3 Å². The molecule has 17 heavy (non-hydrogen) atoms. The molecule has 0 fully saturated rings. The summed E-state index contributed by atoms with van der Waals surface area (Å²) in [5.74, 6) is 0. The monoisotopic (exact) mass is 310 g/mol. The van der Waals surface area contributed by atoms with Gasteiger partial charge >= 0.3 is 0 Å². The van der Waals surface area contributed by atoms with Crippen LogP contribution in [0, 0.1) is 13.8 Å². The number of hydrogen-bond acceptors (Lipinski definition) is 2. The van der Waals surface area contributed by atoms with Crippen LogP contribution in [0.3, 0.4) is 0 Å². The molecule has 90 valence electrons. The van der Waals surface area contributed by atoms with E-state index in [0.29, 0.717) is 6.42 Å². The Morgan fingerprint density at radius 3 is 2.65 bits per heavy atom. The van der Waals surface area contributed by atoms with E-state index in [4.69, 9.17) is 0 Å². The molecule has 1 aromatic heterocycles. The van der Waals surface area contributed by atoms with E-state index in [1.165, 1.54) is 10.4 Å². The van der Waals surface area contributed by atoms with Crippen molar-refractivity contribution in [3.63, 3.8) is 0 Å². The predicted octanol–water partition coefficient (Wildman–Crippen LogP) is 4.40. The lowest BCUT2D eigenvalue weighted by molar-refractivity contribution is 0.178. The minimum atomic E-state index is -0.416. The Balaban J connectivity index is 2.17. The van der Waals surface area contributed by atoms with E-state index in [0.717, 1.165) is 15.6 Å². The van der Waals surface area contributed by atoms with Crippen molar-refractivity contribution in [1.82, 2.24) is 0 Å². The molecule has 1 nitrogen and oxygen atoms in total. The summed E-state index contributed by atoms with van der Waals surface area (Å²) in [6.07, 6.45) is 0.265. The molecule has 2 aromatic rings. The van der Waals surface area contributed by atoms with Gasteiger partial charge in [0.2, 0.25) is 0 Å². The van der Waals surface area contributed by atoms with Crippen molar-refractivity contribution in [2.45, 2.75) is 26.4 Å². The second-order valence-electron chi connectivity index (χ2n) is 4.31. The predicted molar refractivity (Wildman–Crippen MR) is 76.6 cm³/mol. The van der Waals surface area contributed by atoms with E-state index in [-0.39, 0.29) is 0 Å². The summed E-state index contributed by atoms with van der Waals surface area (Å²) in [6, 6.07) is 8.26. The van der Waals surface area contributed by atoms with Crippen molar-refractivity contribution in [2.75, 3.05) is 0 Å². The van der Waals surface area contributed by atoms with Gasteiger partial charge in [-0.1, -0.05) is 23.8 Å². The van der Waals surface area contributed by atoms with Crippen LogP contribution in [0.5, 0.6) is 0 Å². The molecule has 0 aliphatic carbocycles. The normalized spacial score (nSPS) is 12.7. The topological polar surface area (TPSA) is 20.2 Å². The summed E-state index contributed by atoms with van der Waals surface area (Å²) in [4.78, 5) is 1.20. The fourth-order valence-corrected chi connectivity index (χ4v) is 3.45. The number of aryl methyl sites for hydroxylation is 2. The second-order valence-corrected chi connectivity index (χ2v) is 6.22. The number of aliphatic hydroxyl groups is 1. The molecule has 0 saturated heterocycles. The number of aliphatic hydroxyl groups excluding tert-OH is 1. The van der Waals surface area contributed by atoms with Gasteiger partial charge in [-0.2, -0.15) is 0 Å². The Morgan fingerprint density at radius 2 is 2.06 bits per heavy atom. The molecule has 0 saturated carbocycles. The first-order valence-corrected chi connectivity index (χ1v) is 7.21. The van der Waals surface area contributed by atoms with E-state index < -0.39 is 6.10 Å². The van der Waals surface area contributed by atoms with Gasteiger partial charge in [0.1, 0.15) is 0 Å². The molecule has 2 rings (SSSR count). The van der Waals surface area contributed by atoms with Crippen molar-refractivity contribution < 1.29 is 5.11 Å². The maximum Gasteiger partial charge on any atom is 0.0840 e. The van der Waals surface area contributed by atoms with E-state index in [2.05, 4.69) is 48.0 Å². The highest BCUT2D eigenvalue weighted by Gasteiger charge is 2.12. The third-order valence-electron chi connectivity index (χ3n) is 2.80. The summed E-state index contributed by atoms with van der Waals surface area (Å²) >= 11 is 5.11. The van der Waals surface area contributed by atoms with Crippen LogP contribution in [0.25, 0.3) is 0 Å². The van der Waals surface area contributed by atoms with Gasteiger partial charge in [0.25, 0.3) is 0 Å². The molecule has 1 heterocycles. The van der Waals surface area contributed by atoms with Crippen molar-refractivity contribution >= 4 is 27.3 Å². The Morgan fingerprint density at radius 1 is 1.29 bits per heavy atom. The average Bonchev–Trinajstić information content (AvgIpc) is 2.63. The third-order valence-corrected chi connectivity index (χ3v) is 4.52. The van der Waals surface area contributed by atoms with Crippen molar-refractivity contribution in [1.29, 1.82) is 0 Å². The molecule has 0 aliphatic heterocycles. The summed E-state index contributed by atoms with van der Waals surface area (Å²) in [5, 5.41) is 12.3. The Labute approximate surface area is 114 Å². The zero-order chi connectivity index (χ0) is 12.4. The van der Waals surface area contributed by atoms with Crippen LogP contribution in [0.1, 0.15) is 27.7 Å². The molecular weight excluding hydrogens is 296 g/mol. The molecule has 1 aromatic carbocycles. The van der Waals surface area contributed by atoms with Gasteiger partial charge in [-0.25, -0.2) is 0 Å². The molecule has 0 bridgehead atoms. The first-order chi connectivity index (χ1) is 8.06. The van der Waals surface area contributed by atoms with E-state index >= 15 is 0 Å². The quantitative estimate of drug-likeness (QED) is 0.890. The number of benzene rings is 1. The number of thiophene rings is 1. The lowest BCUT2D eigenvalue weighted by Gasteiger charge is -2.13. The lowest BCUT2D eigenvalue weighted by atomic mass is 9.99. The average molecular weight is 311 g/mol. The van der Waals surface area contributed by atoms with Crippen LogP contribution < -0.4 is 0 Å². The maximum absolute atomic E-state index is 10.2. The molecule has 3 heteroatoms. The van der Waals surface area contributed by atoms with E-state index in [9.17, 15) is 5.11 Å². The van der Waals surface area contributed by atoms with Gasteiger partial charge in [0.15, 0.2) is 0 Å². The van der Waals surface area contributed by atoms with Gasteiger partial charge in [-0.3, -0.25) is 0 Å². The summed E-state index contributed by atoms with van der Waals surface area (Å²) < 4.78 is 1.09. The van der Waals surface area contributed by atoms with Crippen LogP contribution in [0.15, 0.2) is 34.1 Å². The Kier molecular flexibility index (Phi) is 4.02. The first kappa shape index (κ1) is 12.8. The van der Waals surface area contributed by atoms with E-state index in [1.807, 2.05) is 11.4 Å². The molecule has 0 aliphatic rings. The third kappa shape index (κ3) is 3.18. The van der Waals surface area contributed by atoms with E-state index in [1.54, 1.807) is 11.3 Å². The standard InChI is InChI=1S/C14H15BrOS/c1-9-3-4-13(10(2)5-9)14(16)7-12-6-11(15)8-17-12/h3-6,8,14,16H,7H2,1-2H3. The minimum Gasteiger partial charge on any atom is -0.388 e. The van der Waals surface area contributed by atoms with Gasteiger partial charge < -0.3 is 5.11 Å². The van der Waals surface area contributed by atoms with Gasteiger partial charge in [-0.15, -0.1) is 11.3 Å². The molecule has 0 radical (unpaired) electrons. The summed E-state index contributed by atoms with van der Waals surface area (Å²) in [6.45, 7) is 4.12. The Bertz CT molecular complexity index is 519. The van der Waals surface area contributed by atoms with Crippen LogP contribution in [-0.4, -0.2) is 5.11 Å². The SMILES string of the molecule is Cc1ccc(C(O)Cc2cc(Br)cs2)c(C)c1. The summed E-state index contributed by atoms with van der Waals surface area (Å²) in [7, 11) is 0. The largest absolute Gasteiger partial charge is 0.388 e. The van der Waals surface area contributed by atoms with Crippen molar-refractivity contribution in [3.8, 4) is 0 Å². The minimum absolute atomic E-state index is 0.416. The highest BCUT2D eigenvalue weighted by molar-refractivity contribution is 9.10. The molecule has 1 N–H and O–H groups in total. The van der Waals surface area contributed by atoms with Gasteiger partial charge in [-0.05, 0) is 47.0 Å². The maximum atomic E-state index is 10.2. The van der Waals surface area contributed by atoms with Crippen molar-refractivity contribution in [3.05, 3.63) is 55.7 Å². The molecule has 1 unspecified atom stereocenters. The zero-order valence-electron chi connectivity index (χ0n) is 9.90. The highest BCUT2D eigenvalue weighted by Crippen LogP contribution is 2.27. The number of halogens is 1. The smallest absolute Gasteiger partial charge is 0.0840 e. The van der Waals surface area contributed by atoms with Crippen LogP contribution in [0.2, 0.25) is 0 Å². The van der Waals surface area contributed by atoms with Crippen LogP contribution in [-0.2, 0) is 6.42 Å². The molecule has 0 spiro atoms. The van der Waals surface area contributed by atoms with Gasteiger partial charge in [0.05, 0.1) is 6.10 Å². The van der Waals surface area contributed by atoms with Crippen molar-refractivity contribution in [2.24, 2.45) is 0 Å². The number of rotatable bonds is 3. The molecule has 0 amide bonds. The zero-order valence-corrected chi connectivity index (χ0v) is 12.3. The fraction of sp³-hybridized carbons (Fsp3) is 0.286. The molecule has 1 atom stereocenters. The first-order valence-electron chi connectivity index (χ1n) is 5.54. The highest BCUT2D eigenvalue weighted by atomic mass is 79.9. The fourth-order valence-electron chi connectivity index (χ4n) is 1.96. The number of hydrogen-bond donors (Lipinski definition) is 1. The Hall–Kier alpha value is -0.640.